The minimum absolute atomic E-state index is 0.109. The molecule has 0 unspecified atom stereocenters. The van der Waals surface area contributed by atoms with Crippen molar-refractivity contribution in [2.75, 3.05) is 10.2 Å². The lowest BCUT2D eigenvalue weighted by molar-refractivity contribution is 0.602. The van der Waals surface area contributed by atoms with Gasteiger partial charge in [0.25, 0.3) is 0 Å². The van der Waals surface area contributed by atoms with Gasteiger partial charge in [-0.15, -0.1) is 11.8 Å². The molecule has 1 rings (SSSR count). The van der Waals surface area contributed by atoms with E-state index >= 15 is 0 Å². The quantitative estimate of drug-likeness (QED) is 0.465. The third kappa shape index (κ3) is 2.99. The molecule has 0 atom stereocenters. The minimum atomic E-state index is -0.109. The lowest BCUT2D eigenvalue weighted by Crippen LogP contribution is -1.82. The second-order valence-electron chi connectivity index (χ2n) is 1.97. The molecule has 0 aliphatic carbocycles. The van der Waals surface area contributed by atoms with Gasteiger partial charge < -0.3 is 0 Å². The number of benzene rings is 1. The van der Waals surface area contributed by atoms with Crippen molar-refractivity contribution in [3.05, 3.63) is 30.1 Å². The summed E-state index contributed by atoms with van der Waals surface area (Å²) in [6.07, 6.45) is 0. The van der Waals surface area contributed by atoms with E-state index in [-0.39, 0.29) is 5.82 Å². The van der Waals surface area contributed by atoms with Crippen molar-refractivity contribution in [1.29, 1.82) is 0 Å². The molecule has 0 saturated carbocycles. The highest BCUT2D eigenvalue weighted by Gasteiger charge is 1.98. The predicted octanol–water partition coefficient (Wildman–Crippen LogP) is 3.35. The minimum Gasteiger partial charge on any atom is -0.206 e. The largest absolute Gasteiger partial charge is 0.206 e. The Kier molecular flexibility index (Phi) is 4.22. The maximum Gasteiger partial charge on any atom is 0.136 e. The van der Waals surface area contributed by atoms with Crippen molar-refractivity contribution in [3.63, 3.8) is 0 Å². The molecular weight excluding hydrogens is 274 g/mol. The molecule has 60 valence electrons. The molecule has 0 bridgehead atoms. The van der Waals surface area contributed by atoms with Crippen LogP contribution in [0.25, 0.3) is 0 Å². The maximum absolute atomic E-state index is 12.9. The third-order valence-electron chi connectivity index (χ3n) is 1.17. The van der Waals surface area contributed by atoms with Gasteiger partial charge in [-0.2, -0.15) is 0 Å². The summed E-state index contributed by atoms with van der Waals surface area (Å²) in [6.45, 7) is 0. The smallest absolute Gasteiger partial charge is 0.136 e. The maximum atomic E-state index is 12.9. The molecule has 0 N–H and O–H groups in total. The molecule has 0 fully saturated rings. The van der Waals surface area contributed by atoms with E-state index in [2.05, 4.69) is 22.6 Å². The first-order valence-electron chi connectivity index (χ1n) is 3.28. The number of hydrogen-bond acceptors (Lipinski definition) is 1. The Morgan fingerprint density at radius 2 is 2.09 bits per heavy atom. The van der Waals surface area contributed by atoms with Gasteiger partial charge in [0.15, 0.2) is 0 Å². The highest BCUT2D eigenvalue weighted by Crippen LogP contribution is 2.20. The van der Waals surface area contributed by atoms with Crippen LogP contribution < -0.4 is 0 Å². The van der Waals surface area contributed by atoms with E-state index in [0.717, 1.165) is 15.1 Å². The van der Waals surface area contributed by atoms with Gasteiger partial charge in [-0.25, -0.2) is 4.39 Å². The average molecular weight is 282 g/mol. The van der Waals surface area contributed by atoms with E-state index in [9.17, 15) is 4.39 Å². The van der Waals surface area contributed by atoms with E-state index in [1.165, 1.54) is 6.07 Å². The lowest BCUT2D eigenvalue weighted by atomic mass is 10.3. The van der Waals surface area contributed by atoms with E-state index in [0.29, 0.717) is 0 Å². The van der Waals surface area contributed by atoms with Crippen molar-refractivity contribution >= 4 is 34.4 Å². The first kappa shape index (κ1) is 9.32. The normalized spacial score (nSPS) is 10.0. The number of halogens is 2. The highest BCUT2D eigenvalue weighted by molar-refractivity contribution is 14.1. The molecule has 0 nitrogen and oxygen atoms in total. The molecule has 0 aliphatic heterocycles. The molecule has 0 radical (unpaired) electrons. The van der Waals surface area contributed by atoms with Gasteiger partial charge in [-0.3, -0.25) is 0 Å². The molecule has 0 aromatic heterocycles. The average Bonchev–Trinajstić information content (AvgIpc) is 2.03. The third-order valence-corrected chi connectivity index (χ3v) is 3.49. The number of alkyl halides is 1. The zero-order valence-electron chi connectivity index (χ0n) is 5.89. The monoisotopic (exact) mass is 282 g/mol. The summed E-state index contributed by atoms with van der Waals surface area (Å²) in [5.74, 6) is 0.865. The van der Waals surface area contributed by atoms with Gasteiger partial charge in [0.1, 0.15) is 5.82 Å². The summed E-state index contributed by atoms with van der Waals surface area (Å²) in [5.41, 5.74) is 0. The fourth-order valence-corrected chi connectivity index (χ4v) is 2.05. The second-order valence-corrected chi connectivity index (χ2v) is 4.18. The zero-order chi connectivity index (χ0) is 8.10. The zero-order valence-corrected chi connectivity index (χ0v) is 8.86. The number of rotatable bonds is 3. The standard InChI is InChI=1S/C8H8FIS/c9-7-3-1-2-4-8(7)11-6-5-10/h1-4H,5-6H2. The van der Waals surface area contributed by atoms with E-state index < -0.39 is 0 Å². The van der Waals surface area contributed by atoms with Gasteiger partial charge in [0.05, 0.1) is 0 Å². The van der Waals surface area contributed by atoms with Crippen molar-refractivity contribution in [3.8, 4) is 0 Å². The number of hydrogen-bond donors (Lipinski definition) is 0. The Balaban J connectivity index is 2.62. The fourth-order valence-electron chi connectivity index (χ4n) is 0.710. The molecular formula is C8H8FIS. The van der Waals surface area contributed by atoms with Crippen molar-refractivity contribution in [2.24, 2.45) is 0 Å². The molecule has 1 aromatic carbocycles. The Bertz CT molecular complexity index is 227. The van der Waals surface area contributed by atoms with Crippen LogP contribution in [-0.2, 0) is 0 Å². The topological polar surface area (TPSA) is 0 Å². The van der Waals surface area contributed by atoms with Gasteiger partial charge in [0.2, 0.25) is 0 Å². The summed E-state index contributed by atoms with van der Waals surface area (Å²) in [7, 11) is 0. The van der Waals surface area contributed by atoms with Crippen LogP contribution in [0.4, 0.5) is 4.39 Å². The molecule has 0 aliphatic rings. The summed E-state index contributed by atoms with van der Waals surface area (Å²) < 4.78 is 13.9. The number of thioether (sulfide) groups is 1. The van der Waals surface area contributed by atoms with Crippen LogP contribution in [0.2, 0.25) is 0 Å². The Hall–Kier alpha value is 0.230. The van der Waals surface area contributed by atoms with Crippen LogP contribution in [0.3, 0.4) is 0 Å². The SMILES string of the molecule is Fc1ccccc1SCCI. The summed E-state index contributed by atoms with van der Waals surface area (Å²) in [5, 5.41) is 0. The van der Waals surface area contributed by atoms with Crippen molar-refractivity contribution in [2.45, 2.75) is 4.90 Å². The Labute approximate surface area is 83.7 Å². The first-order chi connectivity index (χ1) is 5.34. The van der Waals surface area contributed by atoms with Crippen LogP contribution in [-0.4, -0.2) is 10.2 Å². The second kappa shape index (κ2) is 4.98. The van der Waals surface area contributed by atoms with Crippen LogP contribution >= 0.6 is 34.4 Å². The van der Waals surface area contributed by atoms with Crippen LogP contribution in [0, 0.1) is 5.82 Å². The summed E-state index contributed by atoms with van der Waals surface area (Å²) >= 11 is 3.85. The van der Waals surface area contributed by atoms with E-state index in [1.807, 2.05) is 12.1 Å². The molecule has 0 heterocycles. The predicted molar refractivity (Wildman–Crippen MR) is 56.0 cm³/mol. The van der Waals surface area contributed by atoms with Gasteiger partial charge in [0, 0.05) is 15.1 Å². The summed E-state index contributed by atoms with van der Waals surface area (Å²) in [4.78, 5) is 0.754. The molecule has 0 saturated heterocycles. The van der Waals surface area contributed by atoms with Gasteiger partial charge in [-0.1, -0.05) is 34.7 Å². The molecule has 0 amide bonds. The van der Waals surface area contributed by atoms with Crippen molar-refractivity contribution < 1.29 is 4.39 Å². The molecule has 3 heteroatoms. The molecule has 11 heavy (non-hydrogen) atoms. The van der Waals surface area contributed by atoms with Crippen LogP contribution in [0.15, 0.2) is 29.2 Å². The van der Waals surface area contributed by atoms with E-state index in [4.69, 9.17) is 0 Å². The van der Waals surface area contributed by atoms with Gasteiger partial charge >= 0.3 is 0 Å². The Morgan fingerprint density at radius 1 is 1.36 bits per heavy atom. The van der Waals surface area contributed by atoms with Gasteiger partial charge in [-0.05, 0) is 12.1 Å². The highest BCUT2D eigenvalue weighted by atomic mass is 127. The fraction of sp³-hybridized carbons (Fsp3) is 0.250. The van der Waals surface area contributed by atoms with Crippen LogP contribution in [0.1, 0.15) is 0 Å². The molecule has 1 aromatic rings. The summed E-state index contributed by atoms with van der Waals surface area (Å²) in [6, 6.07) is 6.88. The first-order valence-corrected chi connectivity index (χ1v) is 5.79. The lowest BCUT2D eigenvalue weighted by Gasteiger charge is -1.98. The van der Waals surface area contributed by atoms with E-state index in [1.54, 1.807) is 17.8 Å². The Morgan fingerprint density at radius 3 is 2.73 bits per heavy atom. The molecule has 0 spiro atoms. The van der Waals surface area contributed by atoms with Crippen LogP contribution in [0.5, 0.6) is 0 Å². The van der Waals surface area contributed by atoms with Crippen molar-refractivity contribution in [1.82, 2.24) is 0 Å².